The Morgan fingerprint density at radius 1 is 0.486 bits per heavy atom. The van der Waals surface area contributed by atoms with Crippen LogP contribution in [0.3, 0.4) is 0 Å². The fourth-order valence-electron chi connectivity index (χ4n) is 8.77. The molecule has 3 unspecified atom stereocenters. The van der Waals surface area contributed by atoms with Crippen LogP contribution in [0.15, 0.2) is 48.6 Å². The van der Waals surface area contributed by atoms with Crippen molar-refractivity contribution in [1.82, 2.24) is 5.32 Å². The minimum atomic E-state index is -4.61. The van der Waals surface area contributed by atoms with Crippen LogP contribution in [-0.2, 0) is 18.4 Å². The number of aliphatic hydroxyl groups excluding tert-OH is 1. The number of hydrogen-bond donors (Lipinski definition) is 2. The SMILES string of the molecule is CCCCCCCC/C=C\CCCCCCCCCC(=O)NC(COP(=O)([O-])OCC[N+](C)(C)C)C(O)/C=C/CC/C=C/CC/C=C/CCCCCCCCCCCCCCCCCCCCCCC. The van der Waals surface area contributed by atoms with E-state index >= 15 is 0 Å². The number of quaternary nitrogens is 1. The number of hydrogen-bond acceptors (Lipinski definition) is 6. The van der Waals surface area contributed by atoms with E-state index in [1.807, 2.05) is 27.2 Å². The van der Waals surface area contributed by atoms with E-state index < -0.39 is 26.6 Å². The van der Waals surface area contributed by atoms with E-state index in [0.29, 0.717) is 17.4 Å². The molecule has 1 amide bonds. The molecule has 3 atom stereocenters. The number of aliphatic hydroxyl groups is 1. The lowest BCUT2D eigenvalue weighted by atomic mass is 10.0. The third kappa shape index (κ3) is 54.2. The topological polar surface area (TPSA) is 108 Å². The van der Waals surface area contributed by atoms with Crippen LogP contribution in [0.2, 0.25) is 0 Å². The molecule has 8 nitrogen and oxygen atoms in total. The van der Waals surface area contributed by atoms with Crippen molar-refractivity contribution in [3.05, 3.63) is 48.6 Å². The molecular weight excluding hydrogens is 888 g/mol. The van der Waals surface area contributed by atoms with Crippen LogP contribution in [0.1, 0.15) is 284 Å². The second-order valence-electron chi connectivity index (χ2n) is 21.7. The molecule has 412 valence electrons. The lowest BCUT2D eigenvalue weighted by molar-refractivity contribution is -0.870. The minimum Gasteiger partial charge on any atom is -0.756 e. The number of amides is 1. The maximum atomic E-state index is 12.9. The predicted molar refractivity (Wildman–Crippen MR) is 302 cm³/mol. The molecule has 0 heterocycles. The fraction of sp³-hybridized carbons (Fsp3) is 0.852. The van der Waals surface area contributed by atoms with E-state index in [1.165, 1.54) is 218 Å². The third-order valence-electron chi connectivity index (χ3n) is 13.5. The summed E-state index contributed by atoms with van der Waals surface area (Å²) in [6.07, 6.45) is 69.3. The molecule has 0 aliphatic rings. The summed E-state index contributed by atoms with van der Waals surface area (Å²) in [7, 11) is 1.24. The van der Waals surface area contributed by atoms with Gasteiger partial charge in [0.25, 0.3) is 7.82 Å². The van der Waals surface area contributed by atoms with Gasteiger partial charge in [-0.3, -0.25) is 9.36 Å². The standard InChI is InChI=1S/C61H117N2O6P/c1-6-8-10-12-14-16-18-20-22-24-25-26-27-28-29-30-31-32-33-34-35-36-37-39-40-42-44-46-48-50-52-54-60(64)59(58-69-70(66,67)68-57-56-63(3,4)5)62-61(65)55-53-51-49-47-45-43-41-38-23-21-19-17-15-13-11-9-7-2/h21,23,37,39,44,46,52,54,59-60,64H,6-20,22,24-36,38,40-43,45,47-51,53,55-58H2,1-5H3,(H-,62,65,66,67)/b23-21-,39-37+,46-44+,54-52+. The van der Waals surface area contributed by atoms with E-state index in [-0.39, 0.29) is 12.5 Å². The minimum absolute atomic E-state index is 0.0103. The third-order valence-corrected chi connectivity index (χ3v) is 14.5. The number of allylic oxidation sites excluding steroid dienone is 7. The average molecular weight is 1010 g/mol. The quantitative estimate of drug-likeness (QED) is 0.0272. The first kappa shape index (κ1) is 68.5. The summed E-state index contributed by atoms with van der Waals surface area (Å²) in [5.41, 5.74) is 0. The Morgan fingerprint density at radius 2 is 0.800 bits per heavy atom. The smallest absolute Gasteiger partial charge is 0.268 e. The van der Waals surface area contributed by atoms with Gasteiger partial charge in [0, 0.05) is 6.42 Å². The van der Waals surface area contributed by atoms with Crippen molar-refractivity contribution < 1.29 is 32.9 Å². The number of carbonyl (C=O) groups is 1. The van der Waals surface area contributed by atoms with Crippen LogP contribution >= 0.6 is 7.82 Å². The van der Waals surface area contributed by atoms with Gasteiger partial charge in [0.1, 0.15) is 13.2 Å². The van der Waals surface area contributed by atoms with Gasteiger partial charge in [-0.25, -0.2) is 0 Å². The molecule has 0 rings (SSSR count). The van der Waals surface area contributed by atoms with E-state index in [1.54, 1.807) is 6.08 Å². The number of phosphoric acid groups is 1. The summed E-state index contributed by atoms with van der Waals surface area (Å²) < 4.78 is 23.3. The molecule has 0 saturated heterocycles. The molecule has 0 aromatic heterocycles. The van der Waals surface area contributed by atoms with Gasteiger partial charge in [-0.1, -0.05) is 255 Å². The van der Waals surface area contributed by atoms with Crippen LogP contribution in [0, 0.1) is 0 Å². The molecule has 0 aromatic rings. The van der Waals surface area contributed by atoms with Crippen LogP contribution in [0.4, 0.5) is 0 Å². The van der Waals surface area contributed by atoms with Crippen molar-refractivity contribution in [2.75, 3.05) is 40.9 Å². The zero-order valence-corrected chi connectivity index (χ0v) is 47.9. The molecule has 0 bridgehead atoms. The number of likely N-dealkylation sites (N-methyl/N-ethyl adjacent to an activating group) is 1. The zero-order valence-electron chi connectivity index (χ0n) is 47.0. The maximum Gasteiger partial charge on any atom is 0.268 e. The highest BCUT2D eigenvalue weighted by molar-refractivity contribution is 7.45. The second kappa shape index (κ2) is 52.3. The molecule has 2 N–H and O–H groups in total. The molecule has 0 aliphatic heterocycles. The van der Waals surface area contributed by atoms with Crippen LogP contribution in [-0.4, -0.2) is 68.5 Å². The Labute approximate surface area is 435 Å². The van der Waals surface area contributed by atoms with Crippen LogP contribution in [0.5, 0.6) is 0 Å². The van der Waals surface area contributed by atoms with Gasteiger partial charge in [0.15, 0.2) is 0 Å². The summed E-state index contributed by atoms with van der Waals surface area (Å²) in [4.78, 5) is 25.5. The monoisotopic (exact) mass is 1000 g/mol. The first-order valence-electron chi connectivity index (χ1n) is 30.0. The van der Waals surface area contributed by atoms with Crippen LogP contribution < -0.4 is 10.2 Å². The lowest BCUT2D eigenvalue weighted by Crippen LogP contribution is -2.45. The highest BCUT2D eigenvalue weighted by atomic mass is 31.2. The summed E-state index contributed by atoms with van der Waals surface area (Å²) in [6, 6.07) is -0.913. The summed E-state index contributed by atoms with van der Waals surface area (Å²) in [6.45, 7) is 4.64. The molecule has 0 spiro atoms. The van der Waals surface area contributed by atoms with E-state index in [4.69, 9.17) is 9.05 Å². The second-order valence-corrected chi connectivity index (χ2v) is 23.1. The Balaban J connectivity index is 4.20. The average Bonchev–Trinajstić information content (AvgIpc) is 3.32. The van der Waals surface area contributed by atoms with Gasteiger partial charge in [0.05, 0.1) is 39.9 Å². The van der Waals surface area contributed by atoms with Gasteiger partial charge in [0.2, 0.25) is 5.91 Å². The van der Waals surface area contributed by atoms with E-state index in [9.17, 15) is 19.4 Å². The van der Waals surface area contributed by atoms with Gasteiger partial charge in [-0.2, -0.15) is 0 Å². The van der Waals surface area contributed by atoms with E-state index in [0.717, 1.165) is 44.9 Å². The summed E-state index contributed by atoms with van der Waals surface area (Å²) in [5, 5.41) is 13.9. The normalized spacial score (nSPS) is 14.2. The van der Waals surface area contributed by atoms with Crippen LogP contribution in [0.25, 0.3) is 0 Å². The Hall–Kier alpha value is -1.54. The van der Waals surface area contributed by atoms with Crippen molar-refractivity contribution >= 4 is 13.7 Å². The highest BCUT2D eigenvalue weighted by Gasteiger charge is 2.23. The lowest BCUT2D eigenvalue weighted by Gasteiger charge is -2.29. The number of nitrogens with zero attached hydrogens (tertiary/aromatic N) is 1. The number of rotatable bonds is 55. The molecule has 9 heteroatoms. The van der Waals surface area contributed by atoms with E-state index in [2.05, 4.69) is 55.6 Å². The van der Waals surface area contributed by atoms with Crippen molar-refractivity contribution in [2.24, 2.45) is 0 Å². The molecular formula is C61H117N2O6P. The number of phosphoric ester groups is 1. The predicted octanol–water partition coefficient (Wildman–Crippen LogP) is 17.7. The van der Waals surface area contributed by atoms with Gasteiger partial charge in [-0.15, -0.1) is 0 Å². The molecule has 0 aliphatic carbocycles. The Bertz CT molecular complexity index is 1280. The Kier molecular flexibility index (Phi) is 51.2. The van der Waals surface area contributed by atoms with Crippen molar-refractivity contribution in [1.29, 1.82) is 0 Å². The summed E-state index contributed by atoms with van der Waals surface area (Å²) in [5.74, 6) is -0.214. The molecule has 0 radical (unpaired) electrons. The summed E-state index contributed by atoms with van der Waals surface area (Å²) >= 11 is 0. The first-order valence-corrected chi connectivity index (χ1v) is 31.5. The molecule has 0 fully saturated rings. The molecule has 0 aromatic carbocycles. The van der Waals surface area contributed by atoms with Gasteiger partial charge >= 0.3 is 0 Å². The first-order chi connectivity index (χ1) is 34.0. The largest absolute Gasteiger partial charge is 0.756 e. The molecule has 0 saturated carbocycles. The van der Waals surface area contributed by atoms with Crippen molar-refractivity contribution in [2.45, 2.75) is 296 Å². The van der Waals surface area contributed by atoms with Gasteiger partial charge in [-0.05, 0) is 70.6 Å². The number of unbranched alkanes of at least 4 members (excludes halogenated alkanes) is 36. The van der Waals surface area contributed by atoms with Crippen molar-refractivity contribution in [3.63, 3.8) is 0 Å². The highest BCUT2D eigenvalue weighted by Crippen LogP contribution is 2.38. The molecule has 70 heavy (non-hydrogen) atoms. The zero-order chi connectivity index (χ0) is 51.3. The number of carbonyl (C=O) groups excluding carboxylic acids is 1. The fourth-order valence-corrected chi connectivity index (χ4v) is 9.49. The van der Waals surface area contributed by atoms with Gasteiger partial charge < -0.3 is 28.8 Å². The number of nitrogens with one attached hydrogen (secondary N) is 1. The Morgan fingerprint density at radius 3 is 1.16 bits per heavy atom. The van der Waals surface area contributed by atoms with Crippen molar-refractivity contribution in [3.8, 4) is 0 Å². The maximum absolute atomic E-state index is 12.9.